The summed E-state index contributed by atoms with van der Waals surface area (Å²) in [6, 6.07) is 0.358. The van der Waals surface area contributed by atoms with Crippen LogP contribution in [0.4, 0.5) is 0 Å². The lowest BCUT2D eigenvalue weighted by atomic mass is 9.78. The number of hydrogen-bond acceptors (Lipinski definition) is 5. The van der Waals surface area contributed by atoms with Crippen molar-refractivity contribution in [1.29, 1.82) is 0 Å². The average molecular weight is 459 g/mol. The van der Waals surface area contributed by atoms with Gasteiger partial charge in [0.25, 0.3) is 11.5 Å². The second-order valence-electron chi connectivity index (χ2n) is 9.69. The first-order valence-electron chi connectivity index (χ1n) is 11.9. The molecule has 1 saturated heterocycles. The van der Waals surface area contributed by atoms with Crippen molar-refractivity contribution in [1.82, 2.24) is 19.8 Å². The van der Waals surface area contributed by atoms with E-state index >= 15 is 0 Å². The predicted octanol–water partition coefficient (Wildman–Crippen LogP) is 3.72. The molecule has 7 nitrogen and oxygen atoms in total. The summed E-state index contributed by atoms with van der Waals surface area (Å²) in [7, 11) is 0. The third-order valence-corrected chi connectivity index (χ3v) is 8.77. The van der Waals surface area contributed by atoms with E-state index in [2.05, 4.69) is 31.1 Å². The Balaban J connectivity index is 1.56. The third kappa shape index (κ3) is 4.34. The highest BCUT2D eigenvalue weighted by Gasteiger charge is 2.30. The number of nitrogens with zero attached hydrogens (tertiary/aromatic N) is 3. The molecular formula is C24H34N4O3S. The molecule has 0 aromatic carbocycles. The van der Waals surface area contributed by atoms with Crippen molar-refractivity contribution in [3.05, 3.63) is 27.1 Å². The van der Waals surface area contributed by atoms with Crippen molar-refractivity contribution in [2.24, 2.45) is 11.8 Å². The van der Waals surface area contributed by atoms with Gasteiger partial charge in [0, 0.05) is 18.6 Å². The molecule has 32 heavy (non-hydrogen) atoms. The van der Waals surface area contributed by atoms with Crippen molar-refractivity contribution in [2.45, 2.75) is 84.8 Å². The summed E-state index contributed by atoms with van der Waals surface area (Å²) in [6.45, 7) is 9.04. The molecule has 0 bridgehead atoms. The molecule has 0 spiro atoms. The molecule has 0 radical (unpaired) electrons. The molecule has 4 atom stereocenters. The minimum absolute atomic E-state index is 0.0135. The van der Waals surface area contributed by atoms with Crippen LogP contribution in [0.1, 0.15) is 74.5 Å². The van der Waals surface area contributed by atoms with Crippen LogP contribution < -0.4 is 10.9 Å². The lowest BCUT2D eigenvalue weighted by Crippen LogP contribution is -2.44. The monoisotopic (exact) mass is 458 g/mol. The number of rotatable bonds is 4. The zero-order valence-electron chi connectivity index (χ0n) is 19.5. The molecular weight excluding hydrogens is 424 g/mol. The fraction of sp³-hybridized carbons (Fsp3) is 0.667. The fourth-order valence-corrected chi connectivity index (χ4v) is 6.26. The molecule has 2 aromatic rings. The highest BCUT2D eigenvalue weighted by Crippen LogP contribution is 2.31. The van der Waals surface area contributed by atoms with Crippen molar-refractivity contribution < 1.29 is 9.59 Å². The molecule has 2 fully saturated rings. The third-order valence-electron chi connectivity index (χ3n) is 7.58. The average Bonchev–Trinajstić information content (AvgIpc) is 3.11. The quantitative estimate of drug-likeness (QED) is 0.757. The molecule has 2 amide bonds. The number of fused-ring (bicyclic) bond motifs is 1. The van der Waals surface area contributed by atoms with Gasteiger partial charge in [0.1, 0.15) is 11.4 Å². The first kappa shape index (κ1) is 23.0. The molecule has 3 heterocycles. The van der Waals surface area contributed by atoms with Crippen LogP contribution in [0.25, 0.3) is 10.2 Å². The summed E-state index contributed by atoms with van der Waals surface area (Å²) in [5.41, 5.74) is 0.408. The Labute approximate surface area is 193 Å². The maximum Gasteiger partial charge on any atom is 0.262 e. The van der Waals surface area contributed by atoms with Gasteiger partial charge in [-0.25, -0.2) is 4.98 Å². The molecule has 4 rings (SSSR count). The zero-order valence-corrected chi connectivity index (χ0v) is 20.3. The standard InChI is InChI=1S/C24H34N4O3S/c1-14-8-7-10-18(16(14)3)26-22(30)21-17(4)20-23(32-21)25-13-27(24(20)31)12-19(29)28-11-6-5-9-15(28)2/h13-16,18H,5-12H2,1-4H3,(H,26,30). The number of carbonyl (C=O) groups is 2. The van der Waals surface area contributed by atoms with Crippen LogP contribution in [0, 0.1) is 18.8 Å². The number of thiophene rings is 1. The number of aromatic nitrogens is 2. The maximum atomic E-state index is 13.2. The molecule has 2 aromatic heterocycles. The number of nitrogens with one attached hydrogen (secondary N) is 1. The lowest BCUT2D eigenvalue weighted by molar-refractivity contribution is -0.135. The second kappa shape index (κ2) is 9.33. The zero-order chi connectivity index (χ0) is 23.0. The van der Waals surface area contributed by atoms with Crippen molar-refractivity contribution in [2.75, 3.05) is 6.54 Å². The van der Waals surface area contributed by atoms with Gasteiger partial charge in [-0.1, -0.05) is 26.7 Å². The van der Waals surface area contributed by atoms with Gasteiger partial charge in [0.2, 0.25) is 5.91 Å². The van der Waals surface area contributed by atoms with Gasteiger partial charge in [0.15, 0.2) is 0 Å². The van der Waals surface area contributed by atoms with Gasteiger partial charge in [0.05, 0.1) is 16.6 Å². The van der Waals surface area contributed by atoms with E-state index in [0.29, 0.717) is 32.5 Å². The van der Waals surface area contributed by atoms with E-state index in [0.717, 1.165) is 38.6 Å². The minimum Gasteiger partial charge on any atom is -0.348 e. The van der Waals surface area contributed by atoms with Crippen LogP contribution in [0.5, 0.6) is 0 Å². The summed E-state index contributed by atoms with van der Waals surface area (Å²) in [5, 5.41) is 3.66. The van der Waals surface area contributed by atoms with Gasteiger partial charge < -0.3 is 10.2 Å². The SMILES string of the molecule is Cc1c(C(=O)NC2CCCC(C)C2C)sc2ncn(CC(=O)N3CCCCC3C)c(=O)c12. The minimum atomic E-state index is -0.250. The number of amides is 2. The van der Waals surface area contributed by atoms with Gasteiger partial charge >= 0.3 is 0 Å². The Bertz CT molecular complexity index is 1080. The molecule has 1 saturated carbocycles. The van der Waals surface area contributed by atoms with Crippen LogP contribution in [-0.2, 0) is 11.3 Å². The molecule has 4 unspecified atom stereocenters. The van der Waals surface area contributed by atoms with Gasteiger partial charge in [-0.05, 0) is 56.9 Å². The Kier molecular flexibility index (Phi) is 6.70. The Morgan fingerprint density at radius 3 is 2.69 bits per heavy atom. The van der Waals surface area contributed by atoms with Crippen LogP contribution in [-0.4, -0.2) is 44.9 Å². The topological polar surface area (TPSA) is 84.3 Å². The smallest absolute Gasteiger partial charge is 0.262 e. The normalized spacial score (nSPS) is 26.3. The molecule has 8 heteroatoms. The Hall–Kier alpha value is -2.22. The van der Waals surface area contributed by atoms with Crippen LogP contribution in [0.2, 0.25) is 0 Å². The number of likely N-dealkylation sites (tertiary alicyclic amines) is 1. The van der Waals surface area contributed by atoms with Crippen LogP contribution in [0.3, 0.4) is 0 Å². The van der Waals surface area contributed by atoms with Crippen LogP contribution >= 0.6 is 11.3 Å². The molecule has 2 aliphatic rings. The number of hydrogen-bond donors (Lipinski definition) is 1. The Morgan fingerprint density at radius 2 is 1.94 bits per heavy atom. The van der Waals surface area contributed by atoms with E-state index in [4.69, 9.17) is 0 Å². The van der Waals surface area contributed by atoms with Gasteiger partial charge in [-0.2, -0.15) is 0 Å². The summed E-state index contributed by atoms with van der Waals surface area (Å²) >= 11 is 1.26. The molecule has 1 aliphatic heterocycles. The Morgan fingerprint density at radius 1 is 1.16 bits per heavy atom. The van der Waals surface area contributed by atoms with Gasteiger partial charge in [-0.15, -0.1) is 11.3 Å². The fourth-order valence-electron chi connectivity index (χ4n) is 5.21. The van der Waals surface area contributed by atoms with E-state index in [1.54, 1.807) is 0 Å². The number of aryl methyl sites for hydroxylation is 1. The molecule has 1 N–H and O–H groups in total. The van der Waals surface area contributed by atoms with Gasteiger partial charge in [-0.3, -0.25) is 19.0 Å². The second-order valence-corrected chi connectivity index (χ2v) is 10.7. The maximum absolute atomic E-state index is 13.2. The summed E-state index contributed by atoms with van der Waals surface area (Å²) in [6.07, 6.45) is 7.89. The van der Waals surface area contributed by atoms with E-state index in [1.165, 1.54) is 28.7 Å². The summed E-state index contributed by atoms with van der Waals surface area (Å²) in [5.74, 6) is 0.847. The van der Waals surface area contributed by atoms with Crippen molar-refractivity contribution >= 4 is 33.4 Å². The lowest BCUT2D eigenvalue weighted by Gasteiger charge is -2.34. The number of piperidine rings is 1. The van der Waals surface area contributed by atoms with E-state index in [-0.39, 0.29) is 36.0 Å². The highest BCUT2D eigenvalue weighted by atomic mass is 32.1. The first-order valence-corrected chi connectivity index (χ1v) is 12.7. The van der Waals surface area contributed by atoms with E-state index < -0.39 is 0 Å². The number of carbonyl (C=O) groups excluding carboxylic acids is 2. The predicted molar refractivity (Wildman–Crippen MR) is 127 cm³/mol. The van der Waals surface area contributed by atoms with Crippen molar-refractivity contribution in [3.8, 4) is 0 Å². The largest absolute Gasteiger partial charge is 0.348 e. The first-order chi connectivity index (χ1) is 15.3. The van der Waals surface area contributed by atoms with Crippen molar-refractivity contribution in [3.63, 3.8) is 0 Å². The van der Waals surface area contributed by atoms with E-state index in [1.807, 2.05) is 11.8 Å². The van der Waals surface area contributed by atoms with Crippen LogP contribution in [0.15, 0.2) is 11.1 Å². The van der Waals surface area contributed by atoms with E-state index in [9.17, 15) is 14.4 Å². The summed E-state index contributed by atoms with van der Waals surface area (Å²) < 4.78 is 1.39. The molecule has 1 aliphatic carbocycles. The summed E-state index contributed by atoms with van der Waals surface area (Å²) in [4.78, 5) is 46.5. The molecule has 174 valence electrons. The highest BCUT2D eigenvalue weighted by molar-refractivity contribution is 7.20.